The Kier molecular flexibility index (Phi) is 5.14. The molecule has 0 aliphatic heterocycles. The number of nitrogens with one attached hydrogen (secondary N) is 3. The normalized spacial score (nSPS) is 12.3. The number of aromatic amines is 2. The van der Waals surface area contributed by atoms with Gasteiger partial charge in [-0.05, 0) is 42.3 Å². The van der Waals surface area contributed by atoms with E-state index in [1.165, 1.54) is 18.2 Å². The van der Waals surface area contributed by atoms with E-state index in [1.54, 1.807) is 36.5 Å². The summed E-state index contributed by atoms with van der Waals surface area (Å²) in [5, 5.41) is 3.54. The third kappa shape index (κ3) is 3.98. The maximum atomic E-state index is 13.4. The lowest BCUT2D eigenvalue weighted by Gasteiger charge is -2.22. The number of amides is 1. The van der Waals surface area contributed by atoms with E-state index in [2.05, 4.69) is 25.3 Å². The van der Waals surface area contributed by atoms with E-state index in [9.17, 15) is 14.0 Å². The molecule has 3 aromatic heterocycles. The number of carbonyl (C=O) groups excluding carboxylic acids is 1. The van der Waals surface area contributed by atoms with Crippen LogP contribution in [0, 0.1) is 11.7 Å². The third-order valence-corrected chi connectivity index (χ3v) is 4.77. The first kappa shape index (κ1) is 19.5. The number of nitrogens with zero attached hydrogens (tertiary/aromatic N) is 2. The van der Waals surface area contributed by atoms with Crippen LogP contribution >= 0.6 is 0 Å². The van der Waals surface area contributed by atoms with Crippen LogP contribution in [0.4, 0.5) is 4.39 Å². The molecule has 0 saturated carbocycles. The smallest absolute Gasteiger partial charge is 0.268 e. The Bertz CT molecular complexity index is 1260. The molecule has 7 nitrogen and oxygen atoms in total. The van der Waals surface area contributed by atoms with E-state index >= 15 is 0 Å². The molecule has 3 heterocycles. The minimum Gasteiger partial charge on any atom is -0.351 e. The predicted molar refractivity (Wildman–Crippen MR) is 111 cm³/mol. The Hall–Kier alpha value is -3.81. The largest absolute Gasteiger partial charge is 0.351 e. The van der Waals surface area contributed by atoms with Crippen molar-refractivity contribution < 1.29 is 9.18 Å². The van der Waals surface area contributed by atoms with E-state index in [0.717, 1.165) is 0 Å². The Morgan fingerprint density at radius 2 is 1.93 bits per heavy atom. The number of rotatable bonds is 5. The molecule has 30 heavy (non-hydrogen) atoms. The van der Waals surface area contributed by atoms with Crippen LogP contribution in [0.1, 0.15) is 36.1 Å². The van der Waals surface area contributed by atoms with Gasteiger partial charge in [0, 0.05) is 23.2 Å². The summed E-state index contributed by atoms with van der Waals surface area (Å²) >= 11 is 0. The molecule has 0 unspecified atom stereocenters. The van der Waals surface area contributed by atoms with Gasteiger partial charge in [-0.1, -0.05) is 19.9 Å². The predicted octanol–water partition coefficient (Wildman–Crippen LogP) is 3.58. The van der Waals surface area contributed by atoms with Crippen LogP contribution in [-0.2, 0) is 0 Å². The minimum atomic E-state index is -0.509. The van der Waals surface area contributed by atoms with Gasteiger partial charge in [-0.15, -0.1) is 0 Å². The number of halogens is 1. The molecule has 0 radical (unpaired) electrons. The quantitative estimate of drug-likeness (QED) is 0.472. The lowest BCUT2D eigenvalue weighted by atomic mass is 10.00. The second-order valence-electron chi connectivity index (χ2n) is 7.34. The lowest BCUT2D eigenvalue weighted by Crippen LogP contribution is -2.33. The Labute approximate surface area is 171 Å². The Morgan fingerprint density at radius 3 is 2.67 bits per heavy atom. The van der Waals surface area contributed by atoms with Gasteiger partial charge in [0.15, 0.2) is 5.82 Å². The van der Waals surface area contributed by atoms with Crippen molar-refractivity contribution in [3.63, 3.8) is 0 Å². The summed E-state index contributed by atoms with van der Waals surface area (Å²) in [5.74, 6) is -0.448. The first-order valence-corrected chi connectivity index (χ1v) is 9.52. The minimum absolute atomic E-state index is 0.0401. The molecule has 0 aliphatic rings. The van der Waals surface area contributed by atoms with Gasteiger partial charge >= 0.3 is 0 Å². The van der Waals surface area contributed by atoms with E-state index in [4.69, 9.17) is 0 Å². The molecule has 0 spiro atoms. The molecule has 8 heteroatoms. The van der Waals surface area contributed by atoms with Gasteiger partial charge < -0.3 is 15.3 Å². The average Bonchev–Trinajstić information content (AvgIpc) is 3.15. The van der Waals surface area contributed by atoms with Gasteiger partial charge in [-0.3, -0.25) is 14.6 Å². The van der Waals surface area contributed by atoms with Gasteiger partial charge in [0.1, 0.15) is 17.2 Å². The average molecular weight is 405 g/mol. The number of H-pyrrole nitrogens is 2. The summed E-state index contributed by atoms with van der Waals surface area (Å²) in [6.45, 7) is 3.85. The highest BCUT2D eigenvalue weighted by Gasteiger charge is 2.23. The molecule has 1 aromatic carbocycles. The summed E-state index contributed by atoms with van der Waals surface area (Å²) in [5.41, 5.74) is 1.60. The summed E-state index contributed by atoms with van der Waals surface area (Å²) in [4.78, 5) is 39.5. The first-order chi connectivity index (χ1) is 14.4. The third-order valence-electron chi connectivity index (χ3n) is 4.77. The molecule has 0 saturated heterocycles. The number of benzene rings is 1. The van der Waals surface area contributed by atoms with Crippen LogP contribution in [-0.4, -0.2) is 25.8 Å². The van der Waals surface area contributed by atoms with E-state index in [0.29, 0.717) is 33.8 Å². The number of hydrogen-bond donors (Lipinski definition) is 3. The molecular formula is C22H20FN5O2. The van der Waals surface area contributed by atoms with Crippen LogP contribution < -0.4 is 10.9 Å². The summed E-state index contributed by atoms with van der Waals surface area (Å²) in [7, 11) is 0. The number of fused-ring (bicyclic) bond motifs is 1. The topological polar surface area (TPSA) is 104 Å². The zero-order chi connectivity index (χ0) is 21.3. The number of carbonyl (C=O) groups is 1. The van der Waals surface area contributed by atoms with Crippen LogP contribution in [0.2, 0.25) is 0 Å². The van der Waals surface area contributed by atoms with E-state index in [-0.39, 0.29) is 23.2 Å². The van der Waals surface area contributed by atoms with E-state index < -0.39 is 6.04 Å². The Balaban J connectivity index is 1.66. The monoisotopic (exact) mass is 405 g/mol. The molecule has 1 amide bonds. The van der Waals surface area contributed by atoms with Crippen molar-refractivity contribution in [2.75, 3.05) is 0 Å². The van der Waals surface area contributed by atoms with Crippen molar-refractivity contribution in [3.05, 3.63) is 82.3 Å². The van der Waals surface area contributed by atoms with Crippen molar-refractivity contribution in [1.29, 1.82) is 0 Å². The second kappa shape index (κ2) is 7.90. The maximum Gasteiger partial charge on any atom is 0.268 e. The van der Waals surface area contributed by atoms with Crippen molar-refractivity contribution in [3.8, 4) is 11.5 Å². The van der Waals surface area contributed by atoms with Gasteiger partial charge in [0.2, 0.25) is 0 Å². The molecule has 0 fully saturated rings. The molecular weight excluding hydrogens is 385 g/mol. The van der Waals surface area contributed by atoms with Crippen LogP contribution in [0.3, 0.4) is 0 Å². The standard InChI is InChI=1S/C22H20FN5O2/c1-12(2)20(17-11-19(29)27-21(26-17)16-5-3-4-8-24-16)28-22(30)18-10-13-9-14(23)6-7-15(13)25-18/h3-12,20,25H,1-2H3,(H,28,30)(H,26,27,29)/t20-/m1/s1. The van der Waals surface area contributed by atoms with Gasteiger partial charge in [-0.25, -0.2) is 9.37 Å². The van der Waals surface area contributed by atoms with Crippen molar-refractivity contribution in [2.24, 2.45) is 5.92 Å². The maximum absolute atomic E-state index is 13.4. The SMILES string of the molecule is CC(C)[C@@H](NC(=O)c1cc2cc(F)ccc2[nH]1)c1cc(=O)[nH]c(-c2ccccn2)n1. The van der Waals surface area contributed by atoms with Crippen molar-refractivity contribution in [2.45, 2.75) is 19.9 Å². The van der Waals surface area contributed by atoms with Crippen LogP contribution in [0.5, 0.6) is 0 Å². The number of pyridine rings is 1. The Morgan fingerprint density at radius 1 is 1.10 bits per heavy atom. The zero-order valence-corrected chi connectivity index (χ0v) is 16.4. The summed E-state index contributed by atoms with van der Waals surface area (Å²) in [6, 6.07) is 12.0. The van der Waals surface area contributed by atoms with Crippen molar-refractivity contribution >= 4 is 16.8 Å². The van der Waals surface area contributed by atoms with Crippen LogP contribution in [0.25, 0.3) is 22.4 Å². The molecule has 1 atom stereocenters. The number of hydrogen-bond acceptors (Lipinski definition) is 4. The highest BCUT2D eigenvalue weighted by Crippen LogP contribution is 2.22. The fourth-order valence-corrected chi connectivity index (χ4v) is 3.29. The van der Waals surface area contributed by atoms with Gasteiger partial charge in [-0.2, -0.15) is 0 Å². The molecule has 4 rings (SSSR count). The van der Waals surface area contributed by atoms with E-state index in [1.807, 2.05) is 13.8 Å². The fraction of sp³-hybridized carbons (Fsp3) is 0.182. The van der Waals surface area contributed by atoms with Gasteiger partial charge in [0.25, 0.3) is 11.5 Å². The fourth-order valence-electron chi connectivity index (χ4n) is 3.29. The molecule has 0 aliphatic carbocycles. The number of aromatic nitrogens is 4. The van der Waals surface area contributed by atoms with Crippen LogP contribution in [0.15, 0.2) is 59.5 Å². The zero-order valence-electron chi connectivity index (χ0n) is 16.4. The summed E-state index contributed by atoms with van der Waals surface area (Å²) in [6.07, 6.45) is 1.61. The molecule has 0 bridgehead atoms. The highest BCUT2D eigenvalue weighted by atomic mass is 19.1. The molecule has 152 valence electrons. The van der Waals surface area contributed by atoms with Gasteiger partial charge in [0.05, 0.1) is 11.7 Å². The van der Waals surface area contributed by atoms with Crippen molar-refractivity contribution in [1.82, 2.24) is 25.3 Å². The molecule has 3 N–H and O–H groups in total. The second-order valence-corrected chi connectivity index (χ2v) is 7.34. The molecule has 4 aromatic rings. The lowest BCUT2D eigenvalue weighted by molar-refractivity contribution is 0.0920. The first-order valence-electron chi connectivity index (χ1n) is 9.52. The summed E-state index contributed by atoms with van der Waals surface area (Å²) < 4.78 is 13.4. The highest BCUT2D eigenvalue weighted by molar-refractivity contribution is 5.98.